The molecule has 1 aromatic rings. The number of carbonyl (C=O) groups is 3. The van der Waals surface area contributed by atoms with Crippen LogP contribution in [-0.4, -0.2) is 35.6 Å². The maximum Gasteiger partial charge on any atom is 0.364 e. The van der Waals surface area contributed by atoms with Crippen molar-refractivity contribution in [2.75, 3.05) is 7.11 Å². The minimum absolute atomic E-state index is 0.246. The van der Waals surface area contributed by atoms with E-state index in [1.54, 1.807) is 12.1 Å². The van der Waals surface area contributed by atoms with Gasteiger partial charge in [0.2, 0.25) is 0 Å². The summed E-state index contributed by atoms with van der Waals surface area (Å²) in [5, 5.41) is 0.544. The molecule has 2 amide bonds. The van der Waals surface area contributed by atoms with Crippen LogP contribution < -0.4 is 0 Å². The number of imide groups is 1. The predicted molar refractivity (Wildman–Crippen MR) is 75.9 cm³/mol. The summed E-state index contributed by atoms with van der Waals surface area (Å²) in [6.07, 6.45) is 3.80. The van der Waals surface area contributed by atoms with Crippen LogP contribution >= 0.6 is 0 Å². The molecule has 1 fully saturated rings. The molecule has 0 radical (unpaired) electrons. The monoisotopic (exact) mass is 303 g/mol. The quantitative estimate of drug-likeness (QED) is 0.799. The van der Waals surface area contributed by atoms with Gasteiger partial charge in [-0.2, -0.15) is 0 Å². The molecule has 1 saturated carbocycles. The fourth-order valence-electron chi connectivity index (χ4n) is 3.03. The molecule has 0 spiro atoms. The van der Waals surface area contributed by atoms with Gasteiger partial charge in [-0.3, -0.25) is 9.59 Å². The fourth-order valence-corrected chi connectivity index (χ4v) is 3.03. The molecule has 0 unspecified atom stereocenters. The molecule has 2 aliphatic rings. The van der Waals surface area contributed by atoms with Crippen LogP contribution in [-0.2, 0) is 14.4 Å². The lowest BCUT2D eigenvalue weighted by Gasteiger charge is -2.33. The number of carbonyl (C=O) groups excluding carboxylic acids is 3. The number of ether oxygens (including phenoxy) is 1. The van der Waals surface area contributed by atoms with Gasteiger partial charge < -0.3 is 9.57 Å². The summed E-state index contributed by atoms with van der Waals surface area (Å²) in [5.74, 6) is -1.91. The summed E-state index contributed by atoms with van der Waals surface area (Å²) in [6.45, 7) is 0. The first kappa shape index (κ1) is 14.7. The molecule has 22 heavy (non-hydrogen) atoms. The van der Waals surface area contributed by atoms with Gasteiger partial charge in [0, 0.05) is 7.11 Å². The number of hydrogen-bond acceptors (Lipinski definition) is 5. The second-order valence-electron chi connectivity index (χ2n) is 5.59. The molecule has 0 N–H and O–H groups in total. The lowest BCUT2D eigenvalue weighted by Crippen LogP contribution is -2.47. The number of rotatable bonds is 3. The minimum atomic E-state index is -1.06. The molecule has 0 aromatic heterocycles. The van der Waals surface area contributed by atoms with E-state index in [1.807, 2.05) is 0 Å². The van der Waals surface area contributed by atoms with Crippen LogP contribution in [0.4, 0.5) is 0 Å². The fraction of sp³-hybridized carbons (Fsp3) is 0.438. The highest BCUT2D eigenvalue weighted by Gasteiger charge is 2.46. The van der Waals surface area contributed by atoms with Crippen molar-refractivity contribution in [2.45, 2.75) is 37.7 Å². The Balaban J connectivity index is 1.81. The first-order chi connectivity index (χ1) is 10.6. The number of benzene rings is 1. The van der Waals surface area contributed by atoms with Crippen molar-refractivity contribution in [1.82, 2.24) is 5.06 Å². The maximum atomic E-state index is 12.5. The Labute approximate surface area is 127 Å². The Bertz CT molecular complexity index is 598. The van der Waals surface area contributed by atoms with Crippen molar-refractivity contribution in [3.05, 3.63) is 35.4 Å². The molecule has 1 aromatic carbocycles. The first-order valence-electron chi connectivity index (χ1n) is 7.34. The highest BCUT2D eigenvalue weighted by molar-refractivity contribution is 6.20. The lowest BCUT2D eigenvalue weighted by atomic mass is 9.85. The first-order valence-corrected chi connectivity index (χ1v) is 7.34. The Morgan fingerprint density at radius 2 is 1.59 bits per heavy atom. The molecule has 3 rings (SSSR count). The average Bonchev–Trinajstić information content (AvgIpc) is 2.81. The standard InChI is InChI=1S/C16H17NO5/c1-21-16(9-5-2-6-10-16)15(20)22-17-13(18)11-7-3-4-8-12(11)14(17)19/h3-4,7-8H,2,5-6,9-10H2,1H3. The molecule has 0 saturated heterocycles. The molecular formula is C16H17NO5. The van der Waals surface area contributed by atoms with E-state index in [9.17, 15) is 14.4 Å². The average molecular weight is 303 g/mol. The van der Waals surface area contributed by atoms with E-state index < -0.39 is 23.4 Å². The van der Waals surface area contributed by atoms with Crippen LogP contribution in [0.1, 0.15) is 52.8 Å². The zero-order valence-electron chi connectivity index (χ0n) is 12.3. The Kier molecular flexibility index (Phi) is 3.70. The highest BCUT2D eigenvalue weighted by Crippen LogP contribution is 2.33. The highest BCUT2D eigenvalue weighted by atomic mass is 16.7. The minimum Gasteiger partial charge on any atom is -0.366 e. The zero-order chi connectivity index (χ0) is 15.7. The van der Waals surface area contributed by atoms with E-state index in [4.69, 9.17) is 9.57 Å². The van der Waals surface area contributed by atoms with Crippen molar-refractivity contribution in [2.24, 2.45) is 0 Å². The predicted octanol–water partition coefficient (Wildman–Crippen LogP) is 2.09. The van der Waals surface area contributed by atoms with Crippen LogP contribution in [0.25, 0.3) is 0 Å². The molecule has 0 bridgehead atoms. The number of fused-ring (bicyclic) bond motifs is 1. The van der Waals surface area contributed by atoms with Gasteiger partial charge >= 0.3 is 5.97 Å². The molecule has 1 aliphatic heterocycles. The van der Waals surface area contributed by atoms with Crippen LogP contribution in [0.3, 0.4) is 0 Å². The lowest BCUT2D eigenvalue weighted by molar-refractivity contribution is -0.197. The van der Waals surface area contributed by atoms with E-state index in [-0.39, 0.29) is 11.1 Å². The van der Waals surface area contributed by atoms with E-state index >= 15 is 0 Å². The third kappa shape index (κ3) is 2.20. The van der Waals surface area contributed by atoms with Crippen molar-refractivity contribution in [3.8, 4) is 0 Å². The van der Waals surface area contributed by atoms with Gasteiger partial charge in [0.25, 0.3) is 11.8 Å². The molecule has 1 aliphatic carbocycles. The van der Waals surface area contributed by atoms with E-state index in [1.165, 1.54) is 19.2 Å². The Morgan fingerprint density at radius 1 is 1.05 bits per heavy atom. The number of hydroxylamine groups is 2. The van der Waals surface area contributed by atoms with Crippen LogP contribution in [0.5, 0.6) is 0 Å². The summed E-state index contributed by atoms with van der Waals surface area (Å²) in [4.78, 5) is 42.0. The van der Waals surface area contributed by atoms with Gasteiger partial charge in [0.15, 0.2) is 5.60 Å². The summed E-state index contributed by atoms with van der Waals surface area (Å²) < 4.78 is 5.37. The summed E-state index contributed by atoms with van der Waals surface area (Å²) in [5.41, 5.74) is -0.570. The Hall–Kier alpha value is -2.21. The number of hydrogen-bond donors (Lipinski definition) is 0. The summed E-state index contributed by atoms with van der Waals surface area (Å²) in [7, 11) is 1.45. The van der Waals surface area contributed by atoms with E-state index in [2.05, 4.69) is 0 Å². The number of nitrogens with zero attached hydrogens (tertiary/aromatic N) is 1. The second-order valence-corrected chi connectivity index (χ2v) is 5.59. The smallest absolute Gasteiger partial charge is 0.364 e. The molecular weight excluding hydrogens is 286 g/mol. The third-order valence-corrected chi connectivity index (χ3v) is 4.35. The van der Waals surface area contributed by atoms with Crippen molar-refractivity contribution in [3.63, 3.8) is 0 Å². The van der Waals surface area contributed by atoms with Gasteiger partial charge in [-0.05, 0) is 37.8 Å². The third-order valence-electron chi connectivity index (χ3n) is 4.35. The molecule has 6 nitrogen and oxygen atoms in total. The van der Waals surface area contributed by atoms with Crippen molar-refractivity contribution in [1.29, 1.82) is 0 Å². The van der Waals surface area contributed by atoms with Crippen molar-refractivity contribution >= 4 is 17.8 Å². The Morgan fingerprint density at radius 3 is 2.09 bits per heavy atom. The van der Waals surface area contributed by atoms with Crippen LogP contribution in [0.2, 0.25) is 0 Å². The van der Waals surface area contributed by atoms with Gasteiger partial charge in [0.1, 0.15) is 0 Å². The molecule has 6 heteroatoms. The zero-order valence-corrected chi connectivity index (χ0v) is 12.3. The summed E-state index contributed by atoms with van der Waals surface area (Å²) >= 11 is 0. The SMILES string of the molecule is COC1(C(=O)ON2C(=O)c3ccccc3C2=O)CCCCC1. The van der Waals surface area contributed by atoms with Gasteiger partial charge in [0.05, 0.1) is 11.1 Å². The normalized spacial score (nSPS) is 20.0. The van der Waals surface area contributed by atoms with Gasteiger partial charge in [-0.25, -0.2) is 4.79 Å². The van der Waals surface area contributed by atoms with Crippen molar-refractivity contribution < 1.29 is 24.0 Å². The molecule has 0 atom stereocenters. The van der Waals surface area contributed by atoms with Crippen LogP contribution in [0, 0.1) is 0 Å². The maximum absolute atomic E-state index is 12.5. The number of amides is 2. The largest absolute Gasteiger partial charge is 0.366 e. The number of methoxy groups -OCH3 is 1. The summed E-state index contributed by atoms with van der Waals surface area (Å²) in [6, 6.07) is 6.40. The van der Waals surface area contributed by atoms with E-state index in [0.717, 1.165) is 19.3 Å². The van der Waals surface area contributed by atoms with E-state index in [0.29, 0.717) is 17.9 Å². The van der Waals surface area contributed by atoms with Gasteiger partial charge in [-0.15, -0.1) is 0 Å². The topological polar surface area (TPSA) is 72.9 Å². The van der Waals surface area contributed by atoms with Gasteiger partial charge in [-0.1, -0.05) is 23.6 Å². The second kappa shape index (κ2) is 5.53. The van der Waals surface area contributed by atoms with Crippen LogP contribution in [0.15, 0.2) is 24.3 Å². The molecule has 1 heterocycles. The molecule has 116 valence electrons.